The Hall–Kier alpha value is -0.780. The molecule has 0 unspecified atom stereocenters. The van der Waals surface area contributed by atoms with Crippen molar-refractivity contribution in [3.8, 4) is 5.75 Å². The van der Waals surface area contributed by atoms with Crippen molar-refractivity contribution in [2.24, 2.45) is 11.1 Å². The molecule has 1 aromatic carbocycles. The van der Waals surface area contributed by atoms with E-state index in [0.29, 0.717) is 19.5 Å². The van der Waals surface area contributed by atoms with E-state index in [9.17, 15) is 4.79 Å². The molecule has 1 aromatic rings. The Kier molecular flexibility index (Phi) is 8.37. The van der Waals surface area contributed by atoms with E-state index >= 15 is 0 Å². The fraction of sp³-hybridized carbons (Fsp3) is 0.588. The van der Waals surface area contributed by atoms with Gasteiger partial charge in [0.25, 0.3) is 0 Å². The lowest BCUT2D eigenvalue weighted by Gasteiger charge is -2.35. The Morgan fingerprint density at radius 2 is 2.04 bits per heavy atom. The highest BCUT2D eigenvalue weighted by Crippen LogP contribution is 2.38. The summed E-state index contributed by atoms with van der Waals surface area (Å²) >= 11 is 3.46. The number of amides is 1. The molecule has 1 amide bonds. The third-order valence-electron chi connectivity index (χ3n) is 4.59. The Bertz CT molecular complexity index is 519. The summed E-state index contributed by atoms with van der Waals surface area (Å²) in [5.41, 5.74) is 7.01. The Morgan fingerprint density at radius 3 is 2.61 bits per heavy atom. The Balaban J connectivity index is 0.00000264. The minimum Gasteiger partial charge on any atom is -0.496 e. The van der Waals surface area contributed by atoms with Crippen molar-refractivity contribution in [2.45, 2.75) is 45.1 Å². The molecule has 0 heterocycles. The van der Waals surface area contributed by atoms with Crippen molar-refractivity contribution in [1.29, 1.82) is 0 Å². The van der Waals surface area contributed by atoms with Crippen LogP contribution in [0.25, 0.3) is 0 Å². The average molecular weight is 406 g/mol. The number of nitrogens with one attached hydrogen (secondary N) is 1. The first-order chi connectivity index (χ1) is 10.6. The molecule has 1 fully saturated rings. The molecule has 0 atom stereocenters. The Morgan fingerprint density at radius 1 is 1.35 bits per heavy atom. The van der Waals surface area contributed by atoms with Crippen molar-refractivity contribution in [3.63, 3.8) is 0 Å². The maximum absolute atomic E-state index is 12.3. The molecule has 6 heteroatoms. The number of methoxy groups -OCH3 is 1. The second-order valence-electron chi connectivity index (χ2n) is 6.19. The smallest absolute Gasteiger partial charge is 0.220 e. The molecule has 4 nitrogen and oxygen atoms in total. The molecule has 0 saturated heterocycles. The standard InChI is InChI=1S/C17H25BrN2O2.ClH/c1-22-15-6-5-13(9-14(15)18)11-20-16(21)10-17(12-19)7-3-2-4-8-17;/h5-6,9H,2-4,7-8,10-12,19H2,1H3,(H,20,21);1H. The second kappa shape index (κ2) is 9.50. The van der Waals surface area contributed by atoms with Crippen LogP contribution in [0.4, 0.5) is 0 Å². The van der Waals surface area contributed by atoms with Crippen LogP contribution < -0.4 is 15.8 Å². The van der Waals surface area contributed by atoms with Gasteiger partial charge in [0.05, 0.1) is 11.6 Å². The van der Waals surface area contributed by atoms with Crippen LogP contribution in [0.15, 0.2) is 22.7 Å². The van der Waals surface area contributed by atoms with Crippen molar-refractivity contribution in [1.82, 2.24) is 5.32 Å². The van der Waals surface area contributed by atoms with E-state index in [-0.39, 0.29) is 23.7 Å². The number of benzene rings is 1. The number of carbonyl (C=O) groups excluding carboxylic acids is 1. The highest BCUT2D eigenvalue weighted by atomic mass is 79.9. The summed E-state index contributed by atoms with van der Waals surface area (Å²) in [5.74, 6) is 0.888. The van der Waals surface area contributed by atoms with Crippen LogP contribution in [0.2, 0.25) is 0 Å². The first kappa shape index (κ1) is 20.3. The van der Waals surface area contributed by atoms with Gasteiger partial charge in [-0.25, -0.2) is 0 Å². The van der Waals surface area contributed by atoms with Crippen molar-refractivity contribution in [2.75, 3.05) is 13.7 Å². The van der Waals surface area contributed by atoms with Crippen LogP contribution >= 0.6 is 28.3 Å². The molecule has 0 spiro atoms. The lowest BCUT2D eigenvalue weighted by Crippen LogP contribution is -2.38. The normalized spacial score (nSPS) is 16.3. The lowest BCUT2D eigenvalue weighted by atomic mass is 9.71. The van der Waals surface area contributed by atoms with Crippen LogP contribution in [-0.2, 0) is 11.3 Å². The van der Waals surface area contributed by atoms with Crippen LogP contribution in [0.3, 0.4) is 0 Å². The largest absolute Gasteiger partial charge is 0.496 e. The summed E-state index contributed by atoms with van der Waals surface area (Å²) in [6, 6.07) is 5.83. The van der Waals surface area contributed by atoms with Gasteiger partial charge in [0, 0.05) is 13.0 Å². The van der Waals surface area contributed by atoms with Gasteiger partial charge in [-0.3, -0.25) is 4.79 Å². The second-order valence-corrected chi connectivity index (χ2v) is 7.04. The minimum absolute atomic E-state index is 0. The van der Waals surface area contributed by atoms with Crippen molar-refractivity contribution in [3.05, 3.63) is 28.2 Å². The summed E-state index contributed by atoms with van der Waals surface area (Å²) < 4.78 is 6.10. The third-order valence-corrected chi connectivity index (χ3v) is 5.21. The summed E-state index contributed by atoms with van der Waals surface area (Å²) in [4.78, 5) is 12.3. The molecule has 23 heavy (non-hydrogen) atoms. The maximum Gasteiger partial charge on any atom is 0.220 e. The molecule has 1 aliphatic rings. The number of ether oxygens (including phenoxy) is 1. The highest BCUT2D eigenvalue weighted by Gasteiger charge is 2.32. The summed E-state index contributed by atoms with van der Waals surface area (Å²) in [6.45, 7) is 1.14. The first-order valence-electron chi connectivity index (χ1n) is 7.88. The lowest BCUT2D eigenvalue weighted by molar-refractivity contribution is -0.124. The third kappa shape index (κ3) is 5.66. The van der Waals surface area contributed by atoms with Gasteiger partial charge in [0.2, 0.25) is 5.91 Å². The van der Waals surface area contributed by atoms with E-state index in [4.69, 9.17) is 10.5 Å². The summed E-state index contributed by atoms with van der Waals surface area (Å²) in [7, 11) is 1.64. The van der Waals surface area contributed by atoms with Gasteiger partial charge >= 0.3 is 0 Å². The molecule has 1 saturated carbocycles. The van der Waals surface area contributed by atoms with Crippen LogP contribution in [0.5, 0.6) is 5.75 Å². The number of hydrogen-bond donors (Lipinski definition) is 2. The maximum atomic E-state index is 12.3. The van der Waals surface area contributed by atoms with Crippen molar-refractivity contribution >= 4 is 34.2 Å². The molecule has 130 valence electrons. The van der Waals surface area contributed by atoms with Crippen LogP contribution in [0, 0.1) is 5.41 Å². The number of carbonyl (C=O) groups is 1. The number of hydrogen-bond acceptors (Lipinski definition) is 3. The predicted octanol–water partition coefficient (Wildman–Crippen LogP) is 3.80. The molecule has 1 aliphatic carbocycles. The molecular weight excluding hydrogens is 380 g/mol. The fourth-order valence-corrected chi connectivity index (χ4v) is 3.77. The van der Waals surface area contributed by atoms with E-state index in [1.165, 1.54) is 19.3 Å². The van der Waals surface area contributed by atoms with Gasteiger partial charge in [-0.15, -0.1) is 12.4 Å². The summed E-state index contributed by atoms with van der Waals surface area (Å²) in [6.07, 6.45) is 6.34. The zero-order chi connectivity index (χ0) is 16.0. The fourth-order valence-electron chi connectivity index (χ4n) is 3.18. The topological polar surface area (TPSA) is 64.3 Å². The predicted molar refractivity (Wildman–Crippen MR) is 99.0 cm³/mol. The van der Waals surface area contributed by atoms with Crippen molar-refractivity contribution < 1.29 is 9.53 Å². The van der Waals surface area contributed by atoms with Gasteiger partial charge in [-0.2, -0.15) is 0 Å². The quantitative estimate of drug-likeness (QED) is 0.756. The molecule has 0 aromatic heterocycles. The molecule has 0 bridgehead atoms. The van der Waals surface area contributed by atoms with E-state index in [2.05, 4.69) is 21.2 Å². The van der Waals surface area contributed by atoms with Gasteiger partial charge in [-0.1, -0.05) is 25.3 Å². The monoisotopic (exact) mass is 404 g/mol. The zero-order valence-electron chi connectivity index (χ0n) is 13.6. The molecule has 3 N–H and O–H groups in total. The minimum atomic E-state index is 0. The highest BCUT2D eigenvalue weighted by molar-refractivity contribution is 9.10. The molecular formula is C17H26BrClN2O2. The van der Waals surface area contributed by atoms with E-state index in [0.717, 1.165) is 28.6 Å². The average Bonchev–Trinajstić information content (AvgIpc) is 2.54. The van der Waals surface area contributed by atoms with Gasteiger partial charge in [-0.05, 0) is 58.4 Å². The van der Waals surface area contributed by atoms with Crippen LogP contribution in [-0.4, -0.2) is 19.6 Å². The van der Waals surface area contributed by atoms with Gasteiger partial charge < -0.3 is 15.8 Å². The van der Waals surface area contributed by atoms with Gasteiger partial charge in [0.15, 0.2) is 0 Å². The van der Waals surface area contributed by atoms with E-state index in [1.54, 1.807) is 7.11 Å². The van der Waals surface area contributed by atoms with E-state index in [1.807, 2.05) is 18.2 Å². The van der Waals surface area contributed by atoms with Crippen LogP contribution in [0.1, 0.15) is 44.1 Å². The number of halogens is 2. The zero-order valence-corrected chi connectivity index (χ0v) is 16.0. The molecule has 0 aliphatic heterocycles. The SMILES string of the molecule is COc1ccc(CNC(=O)CC2(CN)CCCCC2)cc1Br.Cl. The van der Waals surface area contributed by atoms with E-state index < -0.39 is 0 Å². The van der Waals surface area contributed by atoms with Gasteiger partial charge in [0.1, 0.15) is 5.75 Å². The first-order valence-corrected chi connectivity index (χ1v) is 8.67. The number of rotatable bonds is 6. The Labute approximate surface area is 153 Å². The summed E-state index contributed by atoms with van der Waals surface area (Å²) in [5, 5.41) is 3.01. The molecule has 0 radical (unpaired) electrons. The number of nitrogens with two attached hydrogens (primary N) is 1. The molecule has 2 rings (SSSR count).